The summed E-state index contributed by atoms with van der Waals surface area (Å²) in [6.07, 6.45) is 2.31. The Morgan fingerprint density at radius 1 is 1.39 bits per heavy atom. The number of nitrogens with zero attached hydrogens (tertiary/aromatic N) is 1. The lowest BCUT2D eigenvalue weighted by Gasteiger charge is -2.03. The average Bonchev–Trinajstić information content (AvgIpc) is 2.78. The van der Waals surface area contributed by atoms with Gasteiger partial charge >= 0.3 is 5.91 Å². The highest BCUT2D eigenvalue weighted by molar-refractivity contribution is 9.10. The minimum absolute atomic E-state index is 0.114. The van der Waals surface area contributed by atoms with E-state index in [1.807, 2.05) is 24.3 Å². The maximum absolute atomic E-state index is 11.6. The van der Waals surface area contributed by atoms with Gasteiger partial charge in [-0.05, 0) is 31.0 Å². The van der Waals surface area contributed by atoms with Crippen molar-refractivity contribution in [2.45, 2.75) is 13.3 Å². The molecule has 1 aromatic heterocycles. The van der Waals surface area contributed by atoms with E-state index in [9.17, 15) is 4.79 Å². The highest BCUT2D eigenvalue weighted by atomic mass is 79.9. The number of carbonyl (C=O) groups excluding carboxylic acids is 1. The Morgan fingerprint density at radius 3 is 2.72 bits per heavy atom. The molecule has 18 heavy (non-hydrogen) atoms. The monoisotopic (exact) mass is 308 g/mol. The van der Waals surface area contributed by atoms with Crippen LogP contribution in [0.25, 0.3) is 0 Å². The van der Waals surface area contributed by atoms with E-state index in [4.69, 9.17) is 4.42 Å². The molecule has 0 radical (unpaired) electrons. The van der Waals surface area contributed by atoms with Crippen LogP contribution in [0.5, 0.6) is 0 Å². The number of aromatic nitrogens is 1. The van der Waals surface area contributed by atoms with Crippen LogP contribution in [-0.4, -0.2) is 17.4 Å². The van der Waals surface area contributed by atoms with E-state index < -0.39 is 0 Å². The summed E-state index contributed by atoms with van der Waals surface area (Å²) in [5, 5.41) is 2.77. The van der Waals surface area contributed by atoms with E-state index in [1.165, 1.54) is 11.8 Å². The fraction of sp³-hybridized carbons (Fsp3) is 0.231. The molecule has 0 aliphatic carbocycles. The number of carbonyl (C=O) groups is 1. The Balaban J connectivity index is 1.82. The van der Waals surface area contributed by atoms with Crippen LogP contribution in [0.2, 0.25) is 0 Å². The number of hydrogen-bond donors (Lipinski definition) is 1. The van der Waals surface area contributed by atoms with Gasteiger partial charge in [0.15, 0.2) is 0 Å². The second kappa shape index (κ2) is 5.82. The molecule has 0 spiro atoms. The fourth-order valence-corrected chi connectivity index (χ4v) is 1.77. The molecule has 94 valence electrons. The Morgan fingerprint density at radius 2 is 2.11 bits per heavy atom. The van der Waals surface area contributed by atoms with E-state index in [-0.39, 0.29) is 11.8 Å². The van der Waals surface area contributed by atoms with Gasteiger partial charge in [0.2, 0.25) is 0 Å². The van der Waals surface area contributed by atoms with E-state index in [2.05, 4.69) is 26.2 Å². The Bertz CT molecular complexity index is 534. The van der Waals surface area contributed by atoms with Crippen molar-refractivity contribution in [1.29, 1.82) is 0 Å². The lowest BCUT2D eigenvalue weighted by molar-refractivity contribution is 0.0918. The first-order valence-electron chi connectivity index (χ1n) is 5.60. The minimum atomic E-state index is -0.278. The summed E-state index contributed by atoms with van der Waals surface area (Å²) in [5.41, 5.74) is 1.17. The van der Waals surface area contributed by atoms with Gasteiger partial charge in [-0.3, -0.25) is 4.79 Å². The maximum Gasteiger partial charge on any atom is 0.307 e. The summed E-state index contributed by atoms with van der Waals surface area (Å²) in [6.45, 7) is 2.31. The van der Waals surface area contributed by atoms with Crippen molar-refractivity contribution < 1.29 is 9.21 Å². The highest BCUT2D eigenvalue weighted by Crippen LogP contribution is 2.10. The topological polar surface area (TPSA) is 55.1 Å². The number of aryl methyl sites for hydroxylation is 1. The standard InChI is InChI=1S/C13H13BrN2O2/c1-9-8-16-13(18-9)12(17)15-7-6-10-2-4-11(14)5-3-10/h2-5,8H,6-7H2,1H3,(H,15,17). The van der Waals surface area contributed by atoms with Gasteiger partial charge in [-0.15, -0.1) is 0 Å². The summed E-state index contributed by atoms with van der Waals surface area (Å²) in [5.74, 6) is 0.469. The molecule has 1 amide bonds. The first-order chi connectivity index (χ1) is 8.65. The van der Waals surface area contributed by atoms with E-state index in [0.29, 0.717) is 12.3 Å². The molecule has 1 N–H and O–H groups in total. The molecular formula is C13H13BrN2O2. The molecule has 0 aliphatic rings. The SMILES string of the molecule is Cc1cnc(C(=O)NCCc2ccc(Br)cc2)o1. The van der Waals surface area contributed by atoms with Crippen LogP contribution in [0.1, 0.15) is 22.0 Å². The fourth-order valence-electron chi connectivity index (χ4n) is 1.51. The second-order valence-corrected chi connectivity index (χ2v) is 4.82. The van der Waals surface area contributed by atoms with Crippen molar-refractivity contribution in [3.05, 3.63) is 52.1 Å². The zero-order valence-corrected chi connectivity index (χ0v) is 11.5. The lowest BCUT2D eigenvalue weighted by Crippen LogP contribution is -2.25. The molecule has 0 unspecified atom stereocenters. The van der Waals surface area contributed by atoms with Gasteiger partial charge in [0.05, 0.1) is 6.20 Å². The summed E-state index contributed by atoms with van der Waals surface area (Å²) in [7, 11) is 0. The predicted octanol–water partition coefficient (Wildman–Crippen LogP) is 2.72. The van der Waals surface area contributed by atoms with Gasteiger partial charge in [-0.1, -0.05) is 28.1 Å². The number of hydrogen-bond acceptors (Lipinski definition) is 3. The molecule has 2 aromatic rings. The van der Waals surface area contributed by atoms with Crippen LogP contribution < -0.4 is 5.32 Å². The van der Waals surface area contributed by atoms with Crippen LogP contribution in [0, 0.1) is 6.92 Å². The Hall–Kier alpha value is -1.62. The van der Waals surface area contributed by atoms with Crippen LogP contribution in [-0.2, 0) is 6.42 Å². The van der Waals surface area contributed by atoms with Crippen molar-refractivity contribution in [2.75, 3.05) is 6.54 Å². The van der Waals surface area contributed by atoms with E-state index in [1.54, 1.807) is 6.92 Å². The first kappa shape index (κ1) is 12.8. The zero-order valence-electron chi connectivity index (χ0n) is 9.94. The van der Waals surface area contributed by atoms with Gasteiger partial charge in [0.1, 0.15) is 5.76 Å². The molecule has 2 rings (SSSR count). The van der Waals surface area contributed by atoms with Gasteiger partial charge in [0, 0.05) is 11.0 Å². The smallest absolute Gasteiger partial charge is 0.307 e. The van der Waals surface area contributed by atoms with Crippen LogP contribution in [0.3, 0.4) is 0 Å². The molecule has 0 aliphatic heterocycles. The number of oxazole rings is 1. The molecule has 0 atom stereocenters. The van der Waals surface area contributed by atoms with Crippen LogP contribution >= 0.6 is 15.9 Å². The minimum Gasteiger partial charge on any atom is -0.438 e. The van der Waals surface area contributed by atoms with Gasteiger partial charge < -0.3 is 9.73 Å². The average molecular weight is 309 g/mol. The number of halogens is 1. The molecule has 0 fully saturated rings. The second-order valence-electron chi connectivity index (χ2n) is 3.91. The molecular weight excluding hydrogens is 296 g/mol. The maximum atomic E-state index is 11.6. The van der Waals surface area contributed by atoms with Crippen molar-refractivity contribution in [1.82, 2.24) is 10.3 Å². The number of benzene rings is 1. The summed E-state index contributed by atoms with van der Waals surface area (Å²) >= 11 is 3.38. The number of amides is 1. The third kappa shape index (κ3) is 3.43. The third-order valence-electron chi connectivity index (χ3n) is 2.43. The van der Waals surface area contributed by atoms with Gasteiger partial charge in [0.25, 0.3) is 5.89 Å². The molecule has 0 bridgehead atoms. The zero-order chi connectivity index (χ0) is 13.0. The van der Waals surface area contributed by atoms with E-state index >= 15 is 0 Å². The largest absolute Gasteiger partial charge is 0.438 e. The van der Waals surface area contributed by atoms with Crippen molar-refractivity contribution in [3.63, 3.8) is 0 Å². The van der Waals surface area contributed by atoms with Crippen molar-refractivity contribution in [2.24, 2.45) is 0 Å². The first-order valence-corrected chi connectivity index (χ1v) is 6.39. The predicted molar refractivity (Wildman–Crippen MR) is 71.4 cm³/mol. The molecule has 0 saturated heterocycles. The molecule has 5 heteroatoms. The Kier molecular flexibility index (Phi) is 4.15. The molecule has 1 aromatic carbocycles. The highest BCUT2D eigenvalue weighted by Gasteiger charge is 2.10. The van der Waals surface area contributed by atoms with Crippen LogP contribution in [0.4, 0.5) is 0 Å². The number of nitrogens with one attached hydrogen (secondary N) is 1. The number of rotatable bonds is 4. The third-order valence-corrected chi connectivity index (χ3v) is 2.96. The summed E-state index contributed by atoms with van der Waals surface area (Å²) < 4.78 is 6.18. The normalized spacial score (nSPS) is 10.3. The lowest BCUT2D eigenvalue weighted by atomic mass is 10.1. The summed E-state index contributed by atoms with van der Waals surface area (Å²) in [6, 6.07) is 8.00. The molecule has 4 nitrogen and oxygen atoms in total. The molecule has 1 heterocycles. The van der Waals surface area contributed by atoms with Crippen molar-refractivity contribution >= 4 is 21.8 Å². The Labute approximate surface area is 114 Å². The van der Waals surface area contributed by atoms with Crippen molar-refractivity contribution in [3.8, 4) is 0 Å². The van der Waals surface area contributed by atoms with E-state index in [0.717, 1.165) is 10.9 Å². The molecule has 0 saturated carbocycles. The van der Waals surface area contributed by atoms with Crippen LogP contribution in [0.15, 0.2) is 39.4 Å². The summed E-state index contributed by atoms with van der Waals surface area (Å²) in [4.78, 5) is 15.5. The van der Waals surface area contributed by atoms with Gasteiger partial charge in [-0.25, -0.2) is 4.98 Å². The quantitative estimate of drug-likeness (QED) is 0.945. The van der Waals surface area contributed by atoms with Gasteiger partial charge in [-0.2, -0.15) is 0 Å².